The van der Waals surface area contributed by atoms with E-state index in [-0.39, 0.29) is 11.7 Å². The van der Waals surface area contributed by atoms with Gasteiger partial charge in [-0.2, -0.15) is 0 Å². The third-order valence-corrected chi connectivity index (χ3v) is 4.48. The summed E-state index contributed by atoms with van der Waals surface area (Å²) in [7, 11) is 1.57. The fourth-order valence-electron chi connectivity index (χ4n) is 3.07. The maximum absolute atomic E-state index is 14.4. The van der Waals surface area contributed by atoms with Gasteiger partial charge in [0.25, 0.3) is 0 Å². The van der Waals surface area contributed by atoms with Crippen LogP contribution in [0.5, 0.6) is 11.5 Å². The Morgan fingerprint density at radius 1 is 1.21 bits per heavy atom. The molecular formula is C22H25FN2O4. The zero-order valence-electron chi connectivity index (χ0n) is 16.6. The van der Waals surface area contributed by atoms with Crippen molar-refractivity contribution in [1.29, 1.82) is 0 Å². The lowest BCUT2D eigenvalue weighted by Crippen LogP contribution is -2.36. The number of hydrogen-bond acceptors (Lipinski definition) is 5. The van der Waals surface area contributed by atoms with Gasteiger partial charge in [-0.1, -0.05) is 6.07 Å². The van der Waals surface area contributed by atoms with E-state index >= 15 is 0 Å². The number of halogens is 1. The van der Waals surface area contributed by atoms with E-state index in [9.17, 15) is 9.18 Å². The Morgan fingerprint density at radius 2 is 2.00 bits per heavy atom. The van der Waals surface area contributed by atoms with Crippen LogP contribution in [0.25, 0.3) is 6.08 Å². The molecule has 0 saturated carbocycles. The maximum atomic E-state index is 14.4. The van der Waals surface area contributed by atoms with Crippen molar-refractivity contribution < 1.29 is 23.4 Å². The second-order valence-electron chi connectivity index (χ2n) is 6.43. The van der Waals surface area contributed by atoms with Gasteiger partial charge >= 0.3 is 0 Å². The molecule has 6 nitrogen and oxygen atoms in total. The summed E-state index contributed by atoms with van der Waals surface area (Å²) in [5.41, 5.74) is 1.71. The van der Waals surface area contributed by atoms with Gasteiger partial charge in [-0.15, -0.1) is 0 Å². The fourth-order valence-corrected chi connectivity index (χ4v) is 3.07. The number of carbonyl (C=O) groups is 1. The highest BCUT2D eigenvalue weighted by Gasteiger charge is 2.15. The predicted molar refractivity (Wildman–Crippen MR) is 111 cm³/mol. The Hall–Kier alpha value is -3.06. The number of carbonyl (C=O) groups excluding carboxylic acids is 1. The molecule has 0 atom stereocenters. The molecule has 0 bridgehead atoms. The van der Waals surface area contributed by atoms with E-state index in [4.69, 9.17) is 14.2 Å². The lowest BCUT2D eigenvalue weighted by molar-refractivity contribution is -0.111. The number of nitrogens with zero attached hydrogens (tertiary/aromatic N) is 1. The normalized spacial score (nSPS) is 14.1. The van der Waals surface area contributed by atoms with Crippen LogP contribution < -0.4 is 19.7 Å². The number of amides is 1. The van der Waals surface area contributed by atoms with Crippen LogP contribution >= 0.6 is 0 Å². The molecule has 2 aromatic carbocycles. The van der Waals surface area contributed by atoms with Crippen LogP contribution in [0.2, 0.25) is 0 Å². The van der Waals surface area contributed by atoms with Crippen LogP contribution in [-0.4, -0.2) is 45.9 Å². The molecule has 29 heavy (non-hydrogen) atoms. The van der Waals surface area contributed by atoms with Crippen molar-refractivity contribution in [2.45, 2.75) is 6.92 Å². The van der Waals surface area contributed by atoms with Gasteiger partial charge in [0.1, 0.15) is 5.82 Å². The van der Waals surface area contributed by atoms with E-state index in [1.165, 1.54) is 12.1 Å². The van der Waals surface area contributed by atoms with Crippen molar-refractivity contribution in [3.63, 3.8) is 0 Å². The molecule has 1 aliphatic heterocycles. The van der Waals surface area contributed by atoms with Crippen LogP contribution in [0.4, 0.5) is 15.8 Å². The van der Waals surface area contributed by atoms with E-state index in [0.717, 1.165) is 5.56 Å². The second-order valence-corrected chi connectivity index (χ2v) is 6.43. The molecule has 0 spiro atoms. The summed E-state index contributed by atoms with van der Waals surface area (Å²) in [4.78, 5) is 14.1. The first-order valence-electron chi connectivity index (χ1n) is 9.53. The lowest BCUT2D eigenvalue weighted by Gasteiger charge is -2.29. The van der Waals surface area contributed by atoms with Gasteiger partial charge < -0.3 is 24.4 Å². The zero-order chi connectivity index (χ0) is 20.6. The number of morpholine rings is 1. The summed E-state index contributed by atoms with van der Waals surface area (Å²) >= 11 is 0. The van der Waals surface area contributed by atoms with E-state index in [1.807, 2.05) is 17.9 Å². The molecule has 0 unspecified atom stereocenters. The topological polar surface area (TPSA) is 60.0 Å². The monoisotopic (exact) mass is 400 g/mol. The SMILES string of the molecule is CCOc1cc(/C=C/C(=O)Nc2ccc(N3CCOCC3)c(F)c2)ccc1OC. The second kappa shape index (κ2) is 9.93. The van der Waals surface area contributed by atoms with Gasteiger partial charge in [-0.3, -0.25) is 4.79 Å². The zero-order valence-corrected chi connectivity index (χ0v) is 16.6. The van der Waals surface area contributed by atoms with Crippen molar-refractivity contribution in [1.82, 2.24) is 0 Å². The van der Waals surface area contributed by atoms with Gasteiger partial charge in [-0.05, 0) is 48.9 Å². The first kappa shape index (κ1) is 20.7. The first-order valence-corrected chi connectivity index (χ1v) is 9.53. The highest BCUT2D eigenvalue weighted by atomic mass is 19.1. The summed E-state index contributed by atoms with van der Waals surface area (Å²) in [5.74, 6) is 0.519. The minimum Gasteiger partial charge on any atom is -0.493 e. The van der Waals surface area contributed by atoms with E-state index < -0.39 is 0 Å². The minimum absolute atomic E-state index is 0.350. The summed E-state index contributed by atoms with van der Waals surface area (Å²) in [6.07, 6.45) is 3.06. The van der Waals surface area contributed by atoms with Gasteiger partial charge in [0, 0.05) is 24.9 Å². The summed E-state index contributed by atoms with van der Waals surface area (Å²) in [5, 5.41) is 2.68. The Kier molecular flexibility index (Phi) is 7.08. The average molecular weight is 400 g/mol. The third-order valence-electron chi connectivity index (χ3n) is 4.48. The van der Waals surface area contributed by atoms with Gasteiger partial charge in [0.2, 0.25) is 5.91 Å². The number of rotatable bonds is 7. The Balaban J connectivity index is 1.64. The molecule has 0 aliphatic carbocycles. The number of ether oxygens (including phenoxy) is 3. The molecule has 1 amide bonds. The molecule has 0 aromatic heterocycles. The number of hydrogen-bond donors (Lipinski definition) is 1. The van der Waals surface area contributed by atoms with Crippen LogP contribution in [-0.2, 0) is 9.53 Å². The molecule has 154 valence electrons. The van der Waals surface area contributed by atoms with Crippen LogP contribution in [0.1, 0.15) is 12.5 Å². The molecule has 1 saturated heterocycles. The van der Waals surface area contributed by atoms with Crippen molar-refractivity contribution in [3.05, 3.63) is 53.9 Å². The fraction of sp³-hybridized carbons (Fsp3) is 0.318. The first-order chi connectivity index (χ1) is 14.1. The summed E-state index contributed by atoms with van der Waals surface area (Å²) in [6, 6.07) is 10.1. The number of benzene rings is 2. The van der Waals surface area contributed by atoms with Gasteiger partial charge in [0.05, 0.1) is 32.6 Å². The minimum atomic E-state index is -0.370. The van der Waals surface area contributed by atoms with Crippen molar-refractivity contribution in [2.24, 2.45) is 0 Å². The highest BCUT2D eigenvalue weighted by molar-refractivity contribution is 6.02. The number of anilines is 2. The molecule has 1 heterocycles. The van der Waals surface area contributed by atoms with Crippen LogP contribution in [0.3, 0.4) is 0 Å². The molecule has 1 fully saturated rings. The van der Waals surface area contributed by atoms with E-state index in [2.05, 4.69) is 5.32 Å². The average Bonchev–Trinajstić information content (AvgIpc) is 2.73. The number of nitrogens with one attached hydrogen (secondary N) is 1. The van der Waals surface area contributed by atoms with Gasteiger partial charge in [0.15, 0.2) is 11.5 Å². The number of methoxy groups -OCH3 is 1. The van der Waals surface area contributed by atoms with Crippen LogP contribution in [0.15, 0.2) is 42.5 Å². The van der Waals surface area contributed by atoms with Crippen LogP contribution in [0, 0.1) is 5.82 Å². The maximum Gasteiger partial charge on any atom is 0.248 e. The predicted octanol–water partition coefficient (Wildman–Crippen LogP) is 3.72. The molecular weight excluding hydrogens is 375 g/mol. The quantitative estimate of drug-likeness (QED) is 0.718. The largest absolute Gasteiger partial charge is 0.493 e. The Bertz CT molecular complexity index is 879. The molecule has 1 N–H and O–H groups in total. The molecule has 2 aromatic rings. The molecule has 7 heteroatoms. The Morgan fingerprint density at radius 3 is 2.69 bits per heavy atom. The van der Waals surface area contributed by atoms with E-state index in [0.29, 0.717) is 55.8 Å². The summed E-state index contributed by atoms with van der Waals surface area (Å²) < 4.78 is 30.5. The molecule has 3 rings (SSSR count). The van der Waals surface area contributed by atoms with Gasteiger partial charge in [-0.25, -0.2) is 4.39 Å². The standard InChI is InChI=1S/C22H25FN2O4/c1-3-29-21-14-16(4-8-20(21)27-2)5-9-22(26)24-17-6-7-19(18(23)15-17)25-10-12-28-13-11-25/h4-9,14-15H,3,10-13H2,1-2H3,(H,24,26)/b9-5+. The molecule has 1 aliphatic rings. The highest BCUT2D eigenvalue weighted by Crippen LogP contribution is 2.28. The Labute approximate surface area is 169 Å². The van der Waals surface area contributed by atoms with E-state index in [1.54, 1.807) is 37.5 Å². The third kappa shape index (κ3) is 5.48. The molecule has 0 radical (unpaired) electrons. The summed E-state index contributed by atoms with van der Waals surface area (Å²) in [6.45, 7) is 4.86. The smallest absolute Gasteiger partial charge is 0.248 e. The lowest BCUT2D eigenvalue weighted by atomic mass is 10.2. The van der Waals surface area contributed by atoms with Crippen molar-refractivity contribution in [2.75, 3.05) is 50.2 Å². The van der Waals surface area contributed by atoms with Crippen molar-refractivity contribution in [3.8, 4) is 11.5 Å². The van der Waals surface area contributed by atoms with Crippen molar-refractivity contribution >= 4 is 23.4 Å².